The number of rotatable bonds is 4. The third-order valence-corrected chi connectivity index (χ3v) is 6.12. The van der Waals surface area contributed by atoms with Crippen molar-refractivity contribution in [2.24, 2.45) is 11.8 Å². The summed E-state index contributed by atoms with van der Waals surface area (Å²) in [5, 5.41) is 17.1. The van der Waals surface area contributed by atoms with Crippen molar-refractivity contribution in [2.75, 3.05) is 31.1 Å². The Morgan fingerprint density at radius 1 is 1.48 bits per heavy atom. The van der Waals surface area contributed by atoms with Crippen molar-refractivity contribution < 1.29 is 9.53 Å². The van der Waals surface area contributed by atoms with Crippen molar-refractivity contribution in [3.05, 3.63) is 27.4 Å². The molecule has 2 aliphatic heterocycles. The number of carbonyl (C=O) groups excluding carboxylic acids is 1. The van der Waals surface area contributed by atoms with Gasteiger partial charge in [-0.25, -0.2) is 0 Å². The maximum atomic E-state index is 12.1. The number of hydrogen-bond acceptors (Lipinski definition) is 7. The number of amides is 1. The summed E-state index contributed by atoms with van der Waals surface area (Å²) < 4.78 is 5.94. The second kappa shape index (κ2) is 6.18. The van der Waals surface area contributed by atoms with Gasteiger partial charge in [-0.2, -0.15) is 11.3 Å². The summed E-state index contributed by atoms with van der Waals surface area (Å²) in [7, 11) is 0. The average molecular weight is 350 g/mol. The van der Waals surface area contributed by atoms with Gasteiger partial charge in [-0.1, -0.05) is 11.3 Å². The fourth-order valence-electron chi connectivity index (χ4n) is 3.30. The number of aryl methyl sites for hydroxylation is 1. The van der Waals surface area contributed by atoms with Gasteiger partial charge in [-0.3, -0.25) is 4.79 Å². The SMILES string of the molecule is Cc1nnc(N2C[C@H]3[C@H](CNC(=O)c4ccsc4)CO[C@H]3C2)s1. The van der Waals surface area contributed by atoms with Gasteiger partial charge >= 0.3 is 0 Å². The van der Waals surface area contributed by atoms with Gasteiger partial charge in [0.25, 0.3) is 5.91 Å². The zero-order chi connectivity index (χ0) is 15.8. The zero-order valence-corrected chi connectivity index (χ0v) is 14.4. The molecule has 2 saturated heterocycles. The Labute approximate surface area is 142 Å². The van der Waals surface area contributed by atoms with E-state index in [0.29, 0.717) is 18.4 Å². The highest BCUT2D eigenvalue weighted by Gasteiger charge is 2.44. The van der Waals surface area contributed by atoms with E-state index >= 15 is 0 Å². The number of carbonyl (C=O) groups is 1. The molecule has 0 unspecified atom stereocenters. The molecule has 1 amide bonds. The van der Waals surface area contributed by atoms with Crippen LogP contribution in [0.15, 0.2) is 16.8 Å². The van der Waals surface area contributed by atoms with E-state index in [9.17, 15) is 4.79 Å². The molecule has 6 nitrogen and oxygen atoms in total. The summed E-state index contributed by atoms with van der Waals surface area (Å²) in [6.45, 7) is 5.16. The number of nitrogens with zero attached hydrogens (tertiary/aromatic N) is 3. The van der Waals surface area contributed by atoms with Crippen LogP contribution in [0.5, 0.6) is 0 Å². The van der Waals surface area contributed by atoms with E-state index in [1.807, 2.05) is 23.8 Å². The van der Waals surface area contributed by atoms with Gasteiger partial charge < -0.3 is 15.0 Å². The highest BCUT2D eigenvalue weighted by molar-refractivity contribution is 7.15. The lowest BCUT2D eigenvalue weighted by atomic mass is 9.93. The monoisotopic (exact) mass is 350 g/mol. The smallest absolute Gasteiger partial charge is 0.252 e. The fraction of sp³-hybridized carbons (Fsp3) is 0.533. The summed E-state index contributed by atoms with van der Waals surface area (Å²) in [4.78, 5) is 14.3. The first-order valence-electron chi connectivity index (χ1n) is 7.68. The van der Waals surface area contributed by atoms with Crippen LogP contribution >= 0.6 is 22.7 Å². The topological polar surface area (TPSA) is 67.4 Å². The molecule has 2 fully saturated rings. The zero-order valence-electron chi connectivity index (χ0n) is 12.8. The summed E-state index contributed by atoms with van der Waals surface area (Å²) in [6, 6.07) is 1.85. The van der Waals surface area contributed by atoms with Gasteiger partial charge in [0.15, 0.2) is 0 Å². The number of aromatic nitrogens is 2. The maximum Gasteiger partial charge on any atom is 0.252 e. The van der Waals surface area contributed by atoms with Crippen molar-refractivity contribution in [2.45, 2.75) is 13.0 Å². The van der Waals surface area contributed by atoms with Crippen LogP contribution in [0.4, 0.5) is 5.13 Å². The van der Waals surface area contributed by atoms with Gasteiger partial charge in [0.2, 0.25) is 5.13 Å². The first-order chi connectivity index (χ1) is 11.2. The Morgan fingerprint density at radius 2 is 2.39 bits per heavy atom. The Kier molecular flexibility index (Phi) is 4.04. The molecule has 8 heteroatoms. The molecule has 0 aromatic carbocycles. The van der Waals surface area contributed by atoms with E-state index in [0.717, 1.165) is 35.4 Å². The lowest BCUT2D eigenvalue weighted by Crippen LogP contribution is -2.34. The predicted molar refractivity (Wildman–Crippen MR) is 90.2 cm³/mol. The third-order valence-electron chi connectivity index (χ3n) is 4.53. The van der Waals surface area contributed by atoms with E-state index in [2.05, 4.69) is 20.4 Å². The van der Waals surface area contributed by atoms with Crippen LogP contribution in [0.3, 0.4) is 0 Å². The molecule has 4 rings (SSSR count). The number of thiophene rings is 1. The van der Waals surface area contributed by atoms with Crippen LogP contribution in [0.25, 0.3) is 0 Å². The van der Waals surface area contributed by atoms with Gasteiger partial charge in [-0.05, 0) is 18.4 Å². The molecule has 2 aromatic heterocycles. The van der Waals surface area contributed by atoms with Crippen molar-refractivity contribution in [1.82, 2.24) is 15.5 Å². The van der Waals surface area contributed by atoms with E-state index in [1.54, 1.807) is 11.3 Å². The molecule has 1 N–H and O–H groups in total. The summed E-state index contributed by atoms with van der Waals surface area (Å²) in [5.74, 6) is 0.813. The second-order valence-electron chi connectivity index (χ2n) is 6.03. The Morgan fingerprint density at radius 3 is 3.13 bits per heavy atom. The molecule has 0 spiro atoms. The van der Waals surface area contributed by atoms with Crippen molar-refractivity contribution in [3.8, 4) is 0 Å². The molecule has 122 valence electrons. The number of hydrogen-bond donors (Lipinski definition) is 1. The quantitative estimate of drug-likeness (QED) is 0.911. The summed E-state index contributed by atoms with van der Waals surface area (Å²) in [6.07, 6.45) is 0.238. The highest BCUT2D eigenvalue weighted by Crippen LogP contribution is 2.36. The molecular formula is C15H18N4O2S2. The van der Waals surface area contributed by atoms with E-state index < -0.39 is 0 Å². The molecule has 2 aliphatic rings. The molecular weight excluding hydrogens is 332 g/mol. The van der Waals surface area contributed by atoms with E-state index in [4.69, 9.17) is 4.74 Å². The van der Waals surface area contributed by atoms with Gasteiger partial charge in [0, 0.05) is 42.4 Å². The van der Waals surface area contributed by atoms with Gasteiger partial charge in [0.05, 0.1) is 12.7 Å². The standard InChI is InChI=1S/C15H18N4O2S2/c1-9-17-18-15(23-9)19-5-12-11(7-21-13(12)6-19)4-16-14(20)10-2-3-22-8-10/h2-3,8,11-13H,4-7H2,1H3,(H,16,20)/t11-,12+,13+/m1/s1. The van der Waals surface area contributed by atoms with Crippen LogP contribution in [-0.4, -0.2) is 48.4 Å². The van der Waals surface area contributed by atoms with Gasteiger partial charge in [0.1, 0.15) is 5.01 Å². The summed E-state index contributed by atoms with van der Waals surface area (Å²) in [5.41, 5.74) is 0.739. The normalized spacial score (nSPS) is 26.5. The average Bonchev–Trinajstić information content (AvgIpc) is 3.29. The lowest BCUT2D eigenvalue weighted by Gasteiger charge is -2.19. The van der Waals surface area contributed by atoms with Crippen molar-refractivity contribution >= 4 is 33.7 Å². The molecule has 2 aromatic rings. The molecule has 0 saturated carbocycles. The molecule has 0 bridgehead atoms. The summed E-state index contributed by atoms with van der Waals surface area (Å²) >= 11 is 3.16. The highest BCUT2D eigenvalue weighted by atomic mass is 32.1. The first-order valence-corrected chi connectivity index (χ1v) is 9.43. The third kappa shape index (κ3) is 2.98. The molecule has 4 heterocycles. The Balaban J connectivity index is 1.35. The minimum atomic E-state index is 0.00398. The predicted octanol–water partition coefficient (Wildman–Crippen LogP) is 1.79. The van der Waals surface area contributed by atoms with Crippen LogP contribution in [0.1, 0.15) is 15.4 Å². The minimum absolute atomic E-state index is 0.00398. The van der Waals surface area contributed by atoms with Crippen LogP contribution in [0, 0.1) is 18.8 Å². The van der Waals surface area contributed by atoms with Gasteiger partial charge in [-0.15, -0.1) is 10.2 Å². The number of anilines is 1. The van der Waals surface area contributed by atoms with Crippen LogP contribution in [0.2, 0.25) is 0 Å². The Hall–Kier alpha value is -1.51. The minimum Gasteiger partial charge on any atom is -0.376 e. The fourth-order valence-corrected chi connectivity index (χ4v) is 4.64. The first kappa shape index (κ1) is 15.0. The number of nitrogens with one attached hydrogen (secondary N) is 1. The second-order valence-corrected chi connectivity index (χ2v) is 7.97. The Bertz CT molecular complexity index is 687. The molecule has 0 aliphatic carbocycles. The number of ether oxygens (including phenoxy) is 1. The van der Waals surface area contributed by atoms with Crippen LogP contribution in [-0.2, 0) is 4.74 Å². The molecule has 3 atom stereocenters. The molecule has 23 heavy (non-hydrogen) atoms. The lowest BCUT2D eigenvalue weighted by molar-refractivity contribution is 0.0940. The van der Waals surface area contributed by atoms with Crippen molar-refractivity contribution in [1.29, 1.82) is 0 Å². The number of fused-ring (bicyclic) bond motifs is 1. The maximum absolute atomic E-state index is 12.1. The molecule has 0 radical (unpaired) electrons. The van der Waals surface area contributed by atoms with Crippen molar-refractivity contribution in [3.63, 3.8) is 0 Å². The van der Waals surface area contributed by atoms with E-state index in [1.165, 1.54) is 11.3 Å². The van der Waals surface area contributed by atoms with E-state index in [-0.39, 0.29) is 12.0 Å². The largest absolute Gasteiger partial charge is 0.376 e. The van der Waals surface area contributed by atoms with Crippen LogP contribution < -0.4 is 10.2 Å².